The van der Waals surface area contributed by atoms with Crippen molar-refractivity contribution in [1.29, 1.82) is 0 Å². The van der Waals surface area contributed by atoms with Gasteiger partial charge < -0.3 is 19.3 Å². The van der Waals surface area contributed by atoms with Crippen LogP contribution in [0.15, 0.2) is 89.8 Å². The number of aliphatic hydroxyl groups is 1. The summed E-state index contributed by atoms with van der Waals surface area (Å²) in [5.74, 6) is 0. The van der Waals surface area contributed by atoms with Crippen molar-refractivity contribution in [2.45, 2.75) is 37.2 Å². The van der Waals surface area contributed by atoms with Crippen LogP contribution in [0.25, 0.3) is 0 Å². The summed E-state index contributed by atoms with van der Waals surface area (Å²) in [7, 11) is -3.94. The lowest BCUT2D eigenvalue weighted by Gasteiger charge is -2.21. The summed E-state index contributed by atoms with van der Waals surface area (Å²) in [5, 5.41) is 9.64. The highest BCUT2D eigenvalue weighted by atomic mass is 32.2. The van der Waals surface area contributed by atoms with Gasteiger partial charge in [-0.1, -0.05) is 78.4 Å². The third-order valence-corrected chi connectivity index (χ3v) is 6.48. The van der Waals surface area contributed by atoms with E-state index < -0.39 is 22.3 Å². The molecule has 0 bridgehead atoms. The third kappa shape index (κ3) is 9.52. The van der Waals surface area contributed by atoms with Crippen LogP contribution >= 0.6 is 0 Å². The second-order valence-electron chi connectivity index (χ2n) is 8.11. The van der Waals surface area contributed by atoms with Crippen LogP contribution in [-0.4, -0.2) is 52.2 Å². The Balaban J connectivity index is 1.54. The summed E-state index contributed by atoms with van der Waals surface area (Å²) in [5.41, 5.74) is 2.89. The molecule has 0 radical (unpaired) electrons. The molecule has 2 unspecified atom stereocenters. The van der Waals surface area contributed by atoms with Gasteiger partial charge in [0.05, 0.1) is 44.5 Å². The van der Waals surface area contributed by atoms with Crippen LogP contribution in [0.3, 0.4) is 0 Å². The summed E-state index contributed by atoms with van der Waals surface area (Å²) in [6.45, 7) is 2.28. The van der Waals surface area contributed by atoms with Gasteiger partial charge in [0, 0.05) is 0 Å². The molecule has 7 nitrogen and oxygen atoms in total. The van der Waals surface area contributed by atoms with E-state index in [-0.39, 0.29) is 37.9 Å². The molecule has 3 aromatic rings. The number of hydrogen-bond acceptors (Lipinski definition) is 7. The van der Waals surface area contributed by atoms with Gasteiger partial charge in [-0.2, -0.15) is 8.42 Å². The number of hydrogen-bond donors (Lipinski definition) is 1. The van der Waals surface area contributed by atoms with Crippen LogP contribution in [0.2, 0.25) is 0 Å². The van der Waals surface area contributed by atoms with Crippen LogP contribution in [0.5, 0.6) is 0 Å². The second kappa shape index (κ2) is 14.1. The van der Waals surface area contributed by atoms with Gasteiger partial charge in [-0.25, -0.2) is 0 Å². The quantitative estimate of drug-likeness (QED) is 0.317. The molecule has 3 rings (SSSR count). The first-order valence-corrected chi connectivity index (χ1v) is 12.8. The Morgan fingerprint density at radius 1 is 0.714 bits per heavy atom. The molecule has 188 valence electrons. The maximum absolute atomic E-state index is 12.6. The van der Waals surface area contributed by atoms with E-state index in [0.29, 0.717) is 6.61 Å². The van der Waals surface area contributed by atoms with Crippen molar-refractivity contribution in [3.8, 4) is 0 Å². The lowest BCUT2D eigenvalue weighted by atomic mass is 10.2. The van der Waals surface area contributed by atoms with Crippen molar-refractivity contribution in [1.82, 2.24) is 0 Å². The zero-order chi connectivity index (χ0) is 24.9. The largest absolute Gasteiger partial charge is 0.394 e. The van der Waals surface area contributed by atoms with Gasteiger partial charge in [0.1, 0.15) is 12.2 Å². The molecular weight excluding hydrogens is 468 g/mol. The van der Waals surface area contributed by atoms with Crippen LogP contribution in [0, 0.1) is 6.92 Å². The molecule has 8 heteroatoms. The number of benzene rings is 3. The average Bonchev–Trinajstić information content (AvgIpc) is 2.88. The van der Waals surface area contributed by atoms with Crippen molar-refractivity contribution in [2.75, 3.05) is 26.4 Å². The standard InChI is InChI=1S/C27H32O7S/c1-22-12-14-27(15-13-22)35(29,30)34-21-26(33-18-24-10-6-3-7-11-24)20-31-19-25(16-28)32-17-23-8-4-2-5-9-23/h2-15,25-26,28H,16-21H2,1H3. The summed E-state index contributed by atoms with van der Waals surface area (Å²) >= 11 is 0. The highest BCUT2D eigenvalue weighted by Gasteiger charge is 2.20. The minimum absolute atomic E-state index is 0.0709. The molecular formula is C27H32O7S. The van der Waals surface area contributed by atoms with Crippen molar-refractivity contribution in [3.05, 3.63) is 102 Å². The average molecular weight is 501 g/mol. The van der Waals surface area contributed by atoms with Gasteiger partial charge in [-0.15, -0.1) is 0 Å². The molecule has 0 fully saturated rings. The molecule has 0 amide bonds. The first kappa shape index (κ1) is 27.0. The molecule has 0 spiro atoms. The predicted molar refractivity (Wildman–Crippen MR) is 132 cm³/mol. The van der Waals surface area contributed by atoms with E-state index >= 15 is 0 Å². The Kier molecular flexibility index (Phi) is 10.9. The normalized spacial score (nSPS) is 13.4. The van der Waals surface area contributed by atoms with Gasteiger partial charge in [-0.05, 0) is 30.2 Å². The Hall–Kier alpha value is -2.59. The number of rotatable bonds is 15. The third-order valence-electron chi connectivity index (χ3n) is 5.19. The fourth-order valence-electron chi connectivity index (χ4n) is 3.14. The van der Waals surface area contributed by atoms with Gasteiger partial charge >= 0.3 is 0 Å². The summed E-state index contributed by atoms with van der Waals surface area (Å²) in [6, 6.07) is 25.6. The second-order valence-corrected chi connectivity index (χ2v) is 9.72. The molecule has 0 aliphatic heterocycles. The van der Waals surface area contributed by atoms with Gasteiger partial charge in [0.15, 0.2) is 0 Å². The van der Waals surface area contributed by atoms with Crippen LogP contribution in [-0.2, 0) is 41.7 Å². The molecule has 0 heterocycles. The van der Waals surface area contributed by atoms with Gasteiger partial charge in [-0.3, -0.25) is 4.18 Å². The summed E-state index contributed by atoms with van der Waals surface area (Å²) < 4.78 is 47.8. The van der Waals surface area contributed by atoms with Crippen molar-refractivity contribution >= 4 is 10.1 Å². The fraction of sp³-hybridized carbons (Fsp3) is 0.333. The lowest BCUT2D eigenvalue weighted by molar-refractivity contribution is -0.0851. The number of ether oxygens (including phenoxy) is 3. The van der Waals surface area contributed by atoms with Crippen molar-refractivity contribution < 1.29 is 31.9 Å². The zero-order valence-corrected chi connectivity index (χ0v) is 20.6. The first-order chi connectivity index (χ1) is 17.0. The minimum Gasteiger partial charge on any atom is -0.394 e. The molecule has 35 heavy (non-hydrogen) atoms. The van der Waals surface area contributed by atoms with E-state index in [1.165, 1.54) is 12.1 Å². The van der Waals surface area contributed by atoms with Crippen LogP contribution in [0.1, 0.15) is 16.7 Å². The van der Waals surface area contributed by atoms with Crippen molar-refractivity contribution in [2.24, 2.45) is 0 Å². The maximum Gasteiger partial charge on any atom is 0.297 e. The number of aliphatic hydroxyl groups excluding tert-OH is 1. The van der Waals surface area contributed by atoms with E-state index in [9.17, 15) is 13.5 Å². The molecule has 0 aliphatic carbocycles. The molecule has 0 aromatic heterocycles. The monoisotopic (exact) mass is 500 g/mol. The first-order valence-electron chi connectivity index (χ1n) is 11.4. The SMILES string of the molecule is Cc1ccc(S(=O)(=O)OCC(COCC(CO)OCc2ccccc2)OCc2ccccc2)cc1. The van der Waals surface area contributed by atoms with Gasteiger partial charge in [0.25, 0.3) is 10.1 Å². The summed E-state index contributed by atoms with van der Waals surface area (Å²) in [6.07, 6.45) is -1.17. The molecule has 2 atom stereocenters. The Morgan fingerprint density at radius 2 is 1.23 bits per heavy atom. The Labute approximate surface area is 207 Å². The highest BCUT2D eigenvalue weighted by molar-refractivity contribution is 7.86. The maximum atomic E-state index is 12.6. The predicted octanol–water partition coefficient (Wildman–Crippen LogP) is 3.88. The zero-order valence-electron chi connectivity index (χ0n) is 19.8. The Morgan fingerprint density at radius 3 is 1.77 bits per heavy atom. The van der Waals surface area contributed by atoms with E-state index in [1.54, 1.807) is 12.1 Å². The molecule has 1 N–H and O–H groups in total. The molecule has 0 aliphatic rings. The van der Waals surface area contributed by atoms with Gasteiger partial charge in [0.2, 0.25) is 0 Å². The summed E-state index contributed by atoms with van der Waals surface area (Å²) in [4.78, 5) is 0.0838. The topological polar surface area (TPSA) is 91.3 Å². The minimum atomic E-state index is -3.94. The van der Waals surface area contributed by atoms with Crippen molar-refractivity contribution in [3.63, 3.8) is 0 Å². The van der Waals surface area contributed by atoms with E-state index in [4.69, 9.17) is 18.4 Å². The van der Waals surface area contributed by atoms with E-state index in [2.05, 4.69) is 0 Å². The Bertz CT molecular complexity index is 1090. The lowest BCUT2D eigenvalue weighted by Crippen LogP contribution is -2.31. The van der Waals surface area contributed by atoms with E-state index in [0.717, 1.165) is 16.7 Å². The molecule has 0 saturated heterocycles. The molecule has 0 saturated carbocycles. The number of aryl methyl sites for hydroxylation is 1. The highest BCUT2D eigenvalue weighted by Crippen LogP contribution is 2.15. The van der Waals surface area contributed by atoms with E-state index in [1.807, 2.05) is 67.6 Å². The fourth-order valence-corrected chi connectivity index (χ4v) is 4.08. The smallest absolute Gasteiger partial charge is 0.297 e. The van der Waals surface area contributed by atoms with Crippen LogP contribution in [0.4, 0.5) is 0 Å². The molecule has 3 aromatic carbocycles. The van der Waals surface area contributed by atoms with Crippen LogP contribution < -0.4 is 0 Å².